The van der Waals surface area contributed by atoms with Crippen LogP contribution in [-0.4, -0.2) is 4.98 Å². The van der Waals surface area contributed by atoms with E-state index in [9.17, 15) is 0 Å². The van der Waals surface area contributed by atoms with Gasteiger partial charge in [0.2, 0.25) is 0 Å². The molecule has 1 aromatic carbocycles. The van der Waals surface area contributed by atoms with E-state index in [0.29, 0.717) is 0 Å². The molecule has 0 fully saturated rings. The minimum atomic E-state index is 0.760. The minimum Gasteiger partial charge on any atom is -0.399 e. The molecule has 0 saturated heterocycles. The Bertz CT molecular complexity index is 396. The number of aromatic nitrogens is 1. The van der Waals surface area contributed by atoms with Gasteiger partial charge in [0.05, 0.1) is 10.2 Å². The molecule has 4 heteroatoms. The summed E-state index contributed by atoms with van der Waals surface area (Å²) in [6.07, 6.45) is 0. The molecule has 0 atom stereocenters. The van der Waals surface area contributed by atoms with Crippen molar-refractivity contribution in [3.63, 3.8) is 0 Å². The predicted molar refractivity (Wildman–Crippen MR) is 51.7 cm³/mol. The van der Waals surface area contributed by atoms with E-state index in [1.54, 1.807) is 11.3 Å². The summed E-state index contributed by atoms with van der Waals surface area (Å²) in [6.45, 7) is 0. The first kappa shape index (κ1) is 7.06. The third-order valence-electron chi connectivity index (χ3n) is 1.39. The van der Waals surface area contributed by atoms with Crippen LogP contribution in [0.1, 0.15) is 0 Å². The third-order valence-corrected chi connectivity index (χ3v) is 2.87. The van der Waals surface area contributed by atoms with E-state index in [-0.39, 0.29) is 0 Å². The smallest absolute Gasteiger partial charge is 0.160 e. The number of nitrogens with zero attached hydrogens (tertiary/aromatic N) is 1. The maximum absolute atomic E-state index is 5.58. The average Bonchev–Trinajstić information content (AvgIpc) is 2.27. The molecule has 11 heavy (non-hydrogen) atoms. The number of hydrogen-bond donors (Lipinski definition) is 1. The Morgan fingerprint density at radius 1 is 1.45 bits per heavy atom. The molecule has 56 valence electrons. The van der Waals surface area contributed by atoms with E-state index in [2.05, 4.69) is 20.9 Å². The standard InChI is InChI=1S/C7H5BrN2S/c8-7-10-5-3-4(9)1-2-6(5)11-7/h1-3H,9H2. The van der Waals surface area contributed by atoms with Gasteiger partial charge in [-0.3, -0.25) is 0 Å². The molecule has 0 spiro atoms. The van der Waals surface area contributed by atoms with Crippen LogP contribution < -0.4 is 5.73 Å². The van der Waals surface area contributed by atoms with E-state index < -0.39 is 0 Å². The molecule has 2 aromatic rings. The maximum Gasteiger partial charge on any atom is 0.160 e. The molecule has 0 amide bonds. The quantitative estimate of drug-likeness (QED) is 0.705. The van der Waals surface area contributed by atoms with Gasteiger partial charge in [-0.05, 0) is 34.1 Å². The largest absolute Gasteiger partial charge is 0.399 e. The number of benzene rings is 1. The van der Waals surface area contributed by atoms with Crippen molar-refractivity contribution in [2.75, 3.05) is 5.73 Å². The second kappa shape index (κ2) is 2.46. The van der Waals surface area contributed by atoms with Crippen LogP contribution in [0, 0.1) is 0 Å². The van der Waals surface area contributed by atoms with Gasteiger partial charge in [0.25, 0.3) is 0 Å². The molecule has 0 unspecified atom stereocenters. The molecule has 1 heterocycles. The normalized spacial score (nSPS) is 10.6. The number of rotatable bonds is 0. The van der Waals surface area contributed by atoms with Gasteiger partial charge in [0, 0.05) is 5.69 Å². The molecule has 0 aliphatic heterocycles. The number of anilines is 1. The van der Waals surface area contributed by atoms with E-state index in [4.69, 9.17) is 5.73 Å². The lowest BCUT2D eigenvalue weighted by atomic mass is 10.3. The van der Waals surface area contributed by atoms with Crippen LogP contribution in [0.15, 0.2) is 22.1 Å². The lowest BCUT2D eigenvalue weighted by molar-refractivity contribution is 1.45. The Morgan fingerprint density at radius 3 is 3.09 bits per heavy atom. The fraction of sp³-hybridized carbons (Fsp3) is 0. The average molecular weight is 229 g/mol. The van der Waals surface area contributed by atoms with Gasteiger partial charge >= 0.3 is 0 Å². The molecule has 0 bridgehead atoms. The van der Waals surface area contributed by atoms with Gasteiger partial charge in [0.15, 0.2) is 3.92 Å². The highest BCUT2D eigenvalue weighted by molar-refractivity contribution is 9.11. The summed E-state index contributed by atoms with van der Waals surface area (Å²) < 4.78 is 2.06. The Balaban J connectivity index is 2.82. The second-order valence-electron chi connectivity index (χ2n) is 2.19. The van der Waals surface area contributed by atoms with Crippen LogP contribution in [0.5, 0.6) is 0 Å². The molecule has 0 radical (unpaired) electrons. The fourth-order valence-electron chi connectivity index (χ4n) is 0.916. The minimum absolute atomic E-state index is 0.760. The van der Waals surface area contributed by atoms with Crippen molar-refractivity contribution in [2.24, 2.45) is 0 Å². The van der Waals surface area contributed by atoms with Crippen molar-refractivity contribution >= 4 is 43.2 Å². The Morgan fingerprint density at radius 2 is 2.27 bits per heavy atom. The van der Waals surface area contributed by atoms with Gasteiger partial charge in [-0.25, -0.2) is 4.98 Å². The monoisotopic (exact) mass is 228 g/mol. The molecule has 2 N–H and O–H groups in total. The van der Waals surface area contributed by atoms with Crippen LogP contribution in [-0.2, 0) is 0 Å². The van der Waals surface area contributed by atoms with Gasteiger partial charge in [-0.1, -0.05) is 0 Å². The SMILES string of the molecule is Nc1ccc2sc(Br)nc2c1. The molecule has 1 aromatic heterocycles. The van der Waals surface area contributed by atoms with Crippen molar-refractivity contribution in [1.82, 2.24) is 4.98 Å². The van der Waals surface area contributed by atoms with E-state index >= 15 is 0 Å². The van der Waals surface area contributed by atoms with Gasteiger partial charge < -0.3 is 5.73 Å². The number of nitrogens with two attached hydrogens (primary N) is 1. The van der Waals surface area contributed by atoms with Crippen LogP contribution in [0.25, 0.3) is 10.2 Å². The lowest BCUT2D eigenvalue weighted by Gasteiger charge is -1.88. The van der Waals surface area contributed by atoms with Crippen LogP contribution >= 0.6 is 27.3 Å². The third kappa shape index (κ3) is 1.23. The van der Waals surface area contributed by atoms with E-state index in [1.165, 1.54) is 0 Å². The van der Waals surface area contributed by atoms with E-state index in [1.807, 2.05) is 18.2 Å². The number of hydrogen-bond acceptors (Lipinski definition) is 3. The highest BCUT2D eigenvalue weighted by Gasteiger charge is 1.99. The zero-order valence-corrected chi connectivity index (χ0v) is 7.95. The van der Waals surface area contributed by atoms with Gasteiger partial charge in [-0.2, -0.15) is 0 Å². The van der Waals surface area contributed by atoms with Crippen molar-refractivity contribution in [2.45, 2.75) is 0 Å². The summed E-state index contributed by atoms with van der Waals surface area (Å²) >= 11 is 4.93. The molecule has 0 saturated carbocycles. The van der Waals surface area contributed by atoms with Crippen molar-refractivity contribution in [3.8, 4) is 0 Å². The number of thiazole rings is 1. The summed E-state index contributed by atoms with van der Waals surface area (Å²) in [6, 6.07) is 5.73. The van der Waals surface area contributed by atoms with Crippen LogP contribution in [0.4, 0.5) is 5.69 Å². The topological polar surface area (TPSA) is 38.9 Å². The highest BCUT2D eigenvalue weighted by Crippen LogP contribution is 2.26. The molecule has 2 nitrogen and oxygen atoms in total. The fourth-order valence-corrected chi connectivity index (χ4v) is 2.30. The van der Waals surface area contributed by atoms with Crippen LogP contribution in [0.3, 0.4) is 0 Å². The lowest BCUT2D eigenvalue weighted by Crippen LogP contribution is -1.81. The summed E-state index contributed by atoms with van der Waals surface area (Å²) in [5, 5.41) is 0. The van der Waals surface area contributed by atoms with Gasteiger partial charge in [-0.15, -0.1) is 11.3 Å². The Kier molecular flexibility index (Phi) is 1.58. The molecular formula is C7H5BrN2S. The van der Waals surface area contributed by atoms with Crippen molar-refractivity contribution in [1.29, 1.82) is 0 Å². The second-order valence-corrected chi connectivity index (χ2v) is 4.50. The first-order valence-corrected chi connectivity index (χ1v) is 4.68. The predicted octanol–water partition coefficient (Wildman–Crippen LogP) is 2.64. The summed E-state index contributed by atoms with van der Waals surface area (Å²) in [5.41, 5.74) is 7.30. The number of fused-ring (bicyclic) bond motifs is 1. The summed E-state index contributed by atoms with van der Waals surface area (Å²) in [4.78, 5) is 4.23. The highest BCUT2D eigenvalue weighted by atomic mass is 79.9. The zero-order valence-electron chi connectivity index (χ0n) is 5.54. The van der Waals surface area contributed by atoms with Crippen molar-refractivity contribution in [3.05, 3.63) is 22.1 Å². The Hall–Kier alpha value is -0.610. The Labute approximate surface area is 76.2 Å². The molecular weight excluding hydrogens is 224 g/mol. The van der Waals surface area contributed by atoms with Crippen LogP contribution in [0.2, 0.25) is 0 Å². The summed E-state index contributed by atoms with van der Waals surface area (Å²) in [7, 11) is 0. The van der Waals surface area contributed by atoms with Crippen molar-refractivity contribution < 1.29 is 0 Å². The number of nitrogen functional groups attached to an aromatic ring is 1. The summed E-state index contributed by atoms with van der Waals surface area (Å²) in [5.74, 6) is 0. The van der Waals surface area contributed by atoms with E-state index in [0.717, 1.165) is 19.8 Å². The molecule has 0 aliphatic carbocycles. The number of halogens is 1. The van der Waals surface area contributed by atoms with Gasteiger partial charge in [0.1, 0.15) is 0 Å². The first-order valence-electron chi connectivity index (χ1n) is 3.07. The first-order chi connectivity index (χ1) is 5.25. The molecule has 0 aliphatic rings. The maximum atomic E-state index is 5.58. The zero-order chi connectivity index (χ0) is 7.84. The molecule has 2 rings (SSSR count).